The van der Waals surface area contributed by atoms with E-state index in [0.717, 1.165) is 12.0 Å². The molecule has 3 N–H and O–H groups in total. The van der Waals surface area contributed by atoms with Crippen molar-refractivity contribution in [1.82, 2.24) is 4.90 Å². The molecule has 0 spiro atoms. The first kappa shape index (κ1) is 13.1. The summed E-state index contributed by atoms with van der Waals surface area (Å²) in [7, 11) is 0. The topological polar surface area (TPSA) is 66.6 Å². The van der Waals surface area contributed by atoms with E-state index in [1.54, 1.807) is 0 Å². The Kier molecular flexibility index (Phi) is 3.99. The van der Waals surface area contributed by atoms with Crippen LogP contribution in [0.4, 0.5) is 0 Å². The molecule has 1 heterocycles. The molecule has 18 heavy (non-hydrogen) atoms. The van der Waals surface area contributed by atoms with Crippen LogP contribution in [-0.4, -0.2) is 34.6 Å². The Morgan fingerprint density at radius 3 is 2.56 bits per heavy atom. The Bertz CT molecular complexity index is 416. The Morgan fingerprint density at radius 2 is 2.00 bits per heavy atom. The minimum Gasteiger partial charge on any atom is -0.480 e. The minimum absolute atomic E-state index is 0.0268. The zero-order chi connectivity index (χ0) is 13.1. The third-order valence-corrected chi connectivity index (χ3v) is 3.54. The number of nitrogens with two attached hydrogens (primary N) is 1. The van der Waals surface area contributed by atoms with Crippen LogP contribution in [0.2, 0.25) is 0 Å². The maximum atomic E-state index is 11.2. The van der Waals surface area contributed by atoms with E-state index in [9.17, 15) is 4.79 Å². The summed E-state index contributed by atoms with van der Waals surface area (Å²) in [4.78, 5) is 13.1. The molecule has 98 valence electrons. The van der Waals surface area contributed by atoms with Crippen LogP contribution < -0.4 is 5.73 Å². The van der Waals surface area contributed by atoms with Crippen LogP contribution in [0.25, 0.3) is 0 Å². The van der Waals surface area contributed by atoms with Gasteiger partial charge in [0.15, 0.2) is 0 Å². The average molecular weight is 248 g/mol. The smallest absolute Gasteiger partial charge is 0.320 e. The summed E-state index contributed by atoms with van der Waals surface area (Å²) < 4.78 is 0. The monoisotopic (exact) mass is 248 g/mol. The van der Waals surface area contributed by atoms with E-state index in [0.29, 0.717) is 19.5 Å². The Morgan fingerprint density at radius 1 is 1.39 bits per heavy atom. The molecule has 2 rings (SSSR count). The van der Waals surface area contributed by atoms with Crippen molar-refractivity contribution in [3.63, 3.8) is 0 Å². The number of carbonyl (C=O) groups is 1. The number of aryl methyl sites for hydroxylation is 1. The van der Waals surface area contributed by atoms with Gasteiger partial charge in [0.25, 0.3) is 0 Å². The second-order valence-corrected chi connectivity index (χ2v) is 4.95. The van der Waals surface area contributed by atoms with Gasteiger partial charge in [-0.05, 0) is 24.0 Å². The average Bonchev–Trinajstić information content (AvgIpc) is 2.71. The molecular weight excluding hydrogens is 228 g/mol. The van der Waals surface area contributed by atoms with Crippen LogP contribution in [0.1, 0.15) is 24.5 Å². The van der Waals surface area contributed by atoms with Crippen LogP contribution in [0.15, 0.2) is 24.3 Å². The fourth-order valence-corrected chi connectivity index (χ4v) is 2.49. The molecule has 0 radical (unpaired) electrons. The number of carboxylic acids is 1. The highest BCUT2D eigenvalue weighted by atomic mass is 16.4. The summed E-state index contributed by atoms with van der Waals surface area (Å²) >= 11 is 0. The molecule has 4 nitrogen and oxygen atoms in total. The molecule has 0 aromatic heterocycles. The summed E-state index contributed by atoms with van der Waals surface area (Å²) in [6.45, 7) is 3.44. The molecule has 0 aliphatic carbocycles. The lowest BCUT2D eigenvalue weighted by Crippen LogP contribution is -2.35. The highest BCUT2D eigenvalue weighted by Gasteiger charge is 2.34. The number of likely N-dealkylation sites (tertiary alicyclic amines) is 1. The molecule has 1 aliphatic rings. The zero-order valence-corrected chi connectivity index (χ0v) is 10.7. The first-order chi connectivity index (χ1) is 8.60. The largest absolute Gasteiger partial charge is 0.480 e. The molecule has 2 unspecified atom stereocenters. The van der Waals surface area contributed by atoms with Crippen LogP contribution in [0.5, 0.6) is 0 Å². The molecule has 2 atom stereocenters. The molecule has 1 aliphatic heterocycles. The molecular formula is C14H20N2O2. The molecule has 0 amide bonds. The van der Waals surface area contributed by atoms with Crippen molar-refractivity contribution in [2.75, 3.05) is 6.54 Å². The second-order valence-electron chi connectivity index (χ2n) is 4.95. The van der Waals surface area contributed by atoms with Gasteiger partial charge in [-0.1, -0.05) is 31.2 Å². The van der Waals surface area contributed by atoms with Crippen molar-refractivity contribution < 1.29 is 9.90 Å². The van der Waals surface area contributed by atoms with Gasteiger partial charge in [0.1, 0.15) is 6.04 Å². The number of carboxylic acid groups (broad SMARTS) is 1. The van der Waals surface area contributed by atoms with Gasteiger partial charge in [-0.3, -0.25) is 9.69 Å². The molecule has 0 saturated carbocycles. The summed E-state index contributed by atoms with van der Waals surface area (Å²) in [5, 5.41) is 9.16. The number of benzene rings is 1. The van der Waals surface area contributed by atoms with Crippen LogP contribution in [0, 0.1) is 0 Å². The molecule has 1 saturated heterocycles. The summed E-state index contributed by atoms with van der Waals surface area (Å²) in [6.07, 6.45) is 1.56. The van der Waals surface area contributed by atoms with Gasteiger partial charge in [0.05, 0.1) is 0 Å². The maximum Gasteiger partial charge on any atom is 0.320 e. The fourth-order valence-electron chi connectivity index (χ4n) is 2.49. The number of hydrogen-bond acceptors (Lipinski definition) is 3. The van der Waals surface area contributed by atoms with E-state index in [1.807, 2.05) is 4.90 Å². The number of nitrogens with zero attached hydrogens (tertiary/aromatic N) is 1. The third-order valence-electron chi connectivity index (χ3n) is 3.54. The predicted molar refractivity (Wildman–Crippen MR) is 70.2 cm³/mol. The van der Waals surface area contributed by atoms with Gasteiger partial charge in [-0.25, -0.2) is 0 Å². The second kappa shape index (κ2) is 5.50. The first-order valence-electron chi connectivity index (χ1n) is 6.40. The zero-order valence-electron chi connectivity index (χ0n) is 10.7. The molecule has 0 bridgehead atoms. The van der Waals surface area contributed by atoms with Crippen molar-refractivity contribution in [2.24, 2.45) is 5.73 Å². The molecule has 1 aromatic rings. The van der Waals surface area contributed by atoms with E-state index in [2.05, 4.69) is 31.2 Å². The van der Waals surface area contributed by atoms with E-state index in [-0.39, 0.29) is 6.04 Å². The Labute approximate surface area is 107 Å². The van der Waals surface area contributed by atoms with Gasteiger partial charge in [0.2, 0.25) is 0 Å². The quantitative estimate of drug-likeness (QED) is 0.841. The summed E-state index contributed by atoms with van der Waals surface area (Å²) in [6, 6.07) is 7.87. The molecule has 1 fully saturated rings. The van der Waals surface area contributed by atoms with Crippen LogP contribution in [-0.2, 0) is 17.8 Å². The fraction of sp³-hybridized carbons (Fsp3) is 0.500. The lowest BCUT2D eigenvalue weighted by atomic mass is 10.1. The van der Waals surface area contributed by atoms with Crippen molar-refractivity contribution in [2.45, 2.75) is 38.4 Å². The van der Waals surface area contributed by atoms with E-state index >= 15 is 0 Å². The van der Waals surface area contributed by atoms with Crippen molar-refractivity contribution in [1.29, 1.82) is 0 Å². The SMILES string of the molecule is CCc1ccc(CN2CC(N)CC2C(=O)O)cc1. The summed E-state index contributed by atoms with van der Waals surface area (Å²) in [5.74, 6) is -0.770. The van der Waals surface area contributed by atoms with Gasteiger partial charge in [-0.15, -0.1) is 0 Å². The number of aliphatic carboxylic acids is 1. The van der Waals surface area contributed by atoms with E-state index in [1.165, 1.54) is 5.56 Å². The first-order valence-corrected chi connectivity index (χ1v) is 6.40. The highest BCUT2D eigenvalue weighted by Crippen LogP contribution is 2.20. The van der Waals surface area contributed by atoms with Crippen LogP contribution in [0.3, 0.4) is 0 Å². The minimum atomic E-state index is -0.770. The van der Waals surface area contributed by atoms with Gasteiger partial charge >= 0.3 is 5.97 Å². The Hall–Kier alpha value is -1.39. The number of hydrogen-bond donors (Lipinski definition) is 2. The third kappa shape index (κ3) is 2.89. The molecule has 1 aromatic carbocycles. The lowest BCUT2D eigenvalue weighted by molar-refractivity contribution is -0.142. The van der Waals surface area contributed by atoms with Crippen molar-refractivity contribution in [3.05, 3.63) is 35.4 Å². The highest BCUT2D eigenvalue weighted by molar-refractivity contribution is 5.74. The molecule has 4 heteroatoms. The van der Waals surface area contributed by atoms with Crippen LogP contribution >= 0.6 is 0 Å². The maximum absolute atomic E-state index is 11.2. The lowest BCUT2D eigenvalue weighted by Gasteiger charge is -2.20. The summed E-state index contributed by atoms with van der Waals surface area (Å²) in [5.41, 5.74) is 8.29. The standard InChI is InChI=1S/C14H20N2O2/c1-2-10-3-5-11(6-4-10)8-16-9-12(15)7-13(16)14(17)18/h3-6,12-13H,2,7-9,15H2,1H3,(H,17,18). The number of rotatable bonds is 4. The van der Waals surface area contributed by atoms with E-state index < -0.39 is 12.0 Å². The van der Waals surface area contributed by atoms with Gasteiger partial charge < -0.3 is 10.8 Å². The van der Waals surface area contributed by atoms with Gasteiger partial charge in [-0.2, -0.15) is 0 Å². The predicted octanol–water partition coefficient (Wildman–Crippen LogP) is 1.24. The normalized spacial score (nSPS) is 24.3. The van der Waals surface area contributed by atoms with Gasteiger partial charge in [0, 0.05) is 19.1 Å². The van der Waals surface area contributed by atoms with Crippen molar-refractivity contribution >= 4 is 5.97 Å². The Balaban J connectivity index is 2.05. The van der Waals surface area contributed by atoms with E-state index in [4.69, 9.17) is 10.8 Å². The van der Waals surface area contributed by atoms with Crippen molar-refractivity contribution in [3.8, 4) is 0 Å².